The molecule has 0 aromatic heterocycles. The van der Waals surface area contributed by atoms with Gasteiger partial charge in [-0.05, 0) is 11.6 Å². The van der Waals surface area contributed by atoms with Gasteiger partial charge in [0.1, 0.15) is 0 Å². The molecular weight excluding hydrogens is 277 g/mol. The van der Waals surface area contributed by atoms with E-state index in [1.54, 1.807) is 49.4 Å². The van der Waals surface area contributed by atoms with Crippen molar-refractivity contribution in [1.82, 2.24) is 0 Å². The molecule has 0 heterocycles. The van der Waals surface area contributed by atoms with E-state index in [-0.39, 0.29) is 11.6 Å². The second-order valence-electron chi connectivity index (χ2n) is 4.43. The molecule has 1 N–H and O–H groups in total. The fourth-order valence-electron chi connectivity index (χ4n) is 2.26. The average Bonchev–Trinajstić information content (AvgIpc) is 2.46. The van der Waals surface area contributed by atoms with E-state index in [0.29, 0.717) is 16.4 Å². The lowest BCUT2D eigenvalue weighted by molar-refractivity contribution is -0.385. The van der Waals surface area contributed by atoms with Gasteiger partial charge in [0.15, 0.2) is 0 Å². The number of hydrogen-bond acceptors (Lipinski definition) is 3. The quantitative estimate of drug-likeness (QED) is 0.533. The number of nitro groups is 1. The zero-order chi connectivity index (χ0) is 14.7. The first-order valence-corrected chi connectivity index (χ1v) is 7.43. The Morgan fingerprint density at radius 3 is 2.25 bits per heavy atom. The Kier molecular flexibility index (Phi) is 4.32. The SMILES string of the molecule is CC(c1ccccc1[N+](=O)[O-])c1ccccc1[PH](=O)O. The largest absolute Gasteiger partial charge is 0.343 e. The van der Waals surface area contributed by atoms with E-state index in [1.807, 2.05) is 0 Å². The van der Waals surface area contributed by atoms with Crippen LogP contribution in [0.2, 0.25) is 0 Å². The molecule has 2 unspecified atom stereocenters. The summed E-state index contributed by atoms with van der Waals surface area (Å²) in [4.78, 5) is 20.0. The van der Waals surface area contributed by atoms with Crippen LogP contribution in [0.1, 0.15) is 24.0 Å². The molecule has 0 saturated carbocycles. The maximum Gasteiger partial charge on any atom is 0.273 e. The van der Waals surface area contributed by atoms with Crippen molar-refractivity contribution in [3.8, 4) is 0 Å². The van der Waals surface area contributed by atoms with Crippen molar-refractivity contribution in [2.75, 3.05) is 0 Å². The standard InChI is InChI=1S/C14H14NO4P/c1-10(11-6-2-4-8-13(11)15(16)17)12-7-3-5-9-14(12)20(18)19/h2-10,20H,1H3,(H,18,19). The lowest BCUT2D eigenvalue weighted by Crippen LogP contribution is -2.11. The first kappa shape index (κ1) is 14.4. The normalized spacial score (nSPS) is 13.7. The Morgan fingerprint density at radius 1 is 1.10 bits per heavy atom. The van der Waals surface area contributed by atoms with Gasteiger partial charge < -0.3 is 4.89 Å². The molecule has 0 fully saturated rings. The Bertz CT molecular complexity index is 614. The zero-order valence-corrected chi connectivity index (χ0v) is 11.8. The molecule has 0 aliphatic rings. The molecule has 0 aliphatic heterocycles. The summed E-state index contributed by atoms with van der Waals surface area (Å²) in [5.41, 5.74) is 1.20. The molecule has 0 saturated heterocycles. The molecule has 0 spiro atoms. The number of nitrogens with zero attached hydrogens (tertiary/aromatic N) is 1. The van der Waals surface area contributed by atoms with Crippen molar-refractivity contribution in [2.24, 2.45) is 0 Å². The summed E-state index contributed by atoms with van der Waals surface area (Å²) in [5.74, 6) is -0.325. The topological polar surface area (TPSA) is 80.4 Å². The second-order valence-corrected chi connectivity index (χ2v) is 5.58. The van der Waals surface area contributed by atoms with Crippen LogP contribution >= 0.6 is 8.03 Å². The highest BCUT2D eigenvalue weighted by Gasteiger charge is 2.22. The third-order valence-electron chi connectivity index (χ3n) is 3.26. The van der Waals surface area contributed by atoms with Crippen molar-refractivity contribution >= 4 is 19.0 Å². The van der Waals surface area contributed by atoms with Crippen LogP contribution in [0, 0.1) is 10.1 Å². The van der Waals surface area contributed by atoms with Gasteiger partial charge in [-0.1, -0.05) is 43.3 Å². The van der Waals surface area contributed by atoms with Gasteiger partial charge in [0.05, 0.1) is 4.92 Å². The summed E-state index contributed by atoms with van der Waals surface area (Å²) in [7, 11) is -2.85. The maximum atomic E-state index is 11.4. The molecule has 5 nitrogen and oxygen atoms in total. The molecule has 2 aromatic carbocycles. The summed E-state index contributed by atoms with van der Waals surface area (Å²) >= 11 is 0. The van der Waals surface area contributed by atoms with Crippen LogP contribution in [-0.2, 0) is 4.57 Å². The summed E-state index contributed by atoms with van der Waals surface area (Å²) in [6.45, 7) is 1.80. The smallest absolute Gasteiger partial charge is 0.273 e. The first-order chi connectivity index (χ1) is 9.52. The van der Waals surface area contributed by atoms with Crippen molar-refractivity contribution in [3.05, 3.63) is 69.8 Å². The molecule has 0 amide bonds. The summed E-state index contributed by atoms with van der Waals surface area (Å²) in [6, 6.07) is 13.2. The van der Waals surface area contributed by atoms with Crippen LogP contribution in [-0.4, -0.2) is 9.82 Å². The molecule has 20 heavy (non-hydrogen) atoms. The number of rotatable bonds is 4. The summed E-state index contributed by atoms with van der Waals surface area (Å²) < 4.78 is 11.4. The highest BCUT2D eigenvalue weighted by Crippen LogP contribution is 2.32. The highest BCUT2D eigenvalue weighted by molar-refractivity contribution is 7.47. The molecule has 0 radical (unpaired) electrons. The minimum atomic E-state index is -2.85. The van der Waals surface area contributed by atoms with Crippen LogP contribution in [0.4, 0.5) is 5.69 Å². The van der Waals surface area contributed by atoms with Gasteiger partial charge in [-0.2, -0.15) is 0 Å². The van der Waals surface area contributed by atoms with E-state index >= 15 is 0 Å². The second kappa shape index (κ2) is 5.99. The zero-order valence-electron chi connectivity index (χ0n) is 10.8. The van der Waals surface area contributed by atoms with E-state index in [0.717, 1.165) is 0 Å². The fraction of sp³-hybridized carbons (Fsp3) is 0.143. The molecule has 0 bridgehead atoms. The fourth-order valence-corrected chi connectivity index (χ4v) is 3.04. The van der Waals surface area contributed by atoms with Crippen LogP contribution in [0.5, 0.6) is 0 Å². The number of benzene rings is 2. The summed E-state index contributed by atoms with van der Waals surface area (Å²) in [5, 5.41) is 11.4. The lowest BCUT2D eigenvalue weighted by atomic mass is 9.92. The monoisotopic (exact) mass is 291 g/mol. The predicted octanol–water partition coefficient (Wildman–Crippen LogP) is 2.84. The van der Waals surface area contributed by atoms with Gasteiger partial charge in [0.2, 0.25) is 8.03 Å². The maximum absolute atomic E-state index is 11.4. The average molecular weight is 291 g/mol. The molecule has 2 aromatic rings. The molecule has 6 heteroatoms. The number of para-hydroxylation sites is 1. The Hall–Kier alpha value is -1.97. The van der Waals surface area contributed by atoms with Crippen molar-refractivity contribution in [1.29, 1.82) is 0 Å². The van der Waals surface area contributed by atoms with E-state index in [2.05, 4.69) is 0 Å². The minimum absolute atomic E-state index is 0.0208. The van der Waals surface area contributed by atoms with Gasteiger partial charge in [-0.15, -0.1) is 0 Å². The minimum Gasteiger partial charge on any atom is -0.343 e. The third kappa shape index (κ3) is 2.79. The van der Waals surface area contributed by atoms with E-state index in [4.69, 9.17) is 0 Å². The van der Waals surface area contributed by atoms with Gasteiger partial charge >= 0.3 is 0 Å². The van der Waals surface area contributed by atoms with Gasteiger partial charge in [-0.25, -0.2) is 0 Å². The highest BCUT2D eigenvalue weighted by atomic mass is 31.1. The van der Waals surface area contributed by atoms with Crippen LogP contribution in [0.25, 0.3) is 0 Å². The van der Waals surface area contributed by atoms with Crippen LogP contribution < -0.4 is 5.30 Å². The van der Waals surface area contributed by atoms with Gasteiger partial charge in [0, 0.05) is 22.9 Å². The lowest BCUT2D eigenvalue weighted by Gasteiger charge is -2.15. The van der Waals surface area contributed by atoms with Crippen LogP contribution in [0.3, 0.4) is 0 Å². The van der Waals surface area contributed by atoms with Crippen molar-refractivity contribution < 1.29 is 14.4 Å². The van der Waals surface area contributed by atoms with Gasteiger partial charge in [-0.3, -0.25) is 14.7 Å². The van der Waals surface area contributed by atoms with E-state index in [9.17, 15) is 19.6 Å². The Balaban J connectivity index is 2.55. The Labute approximate surface area is 116 Å². The first-order valence-electron chi connectivity index (χ1n) is 6.08. The Morgan fingerprint density at radius 2 is 1.65 bits per heavy atom. The molecule has 104 valence electrons. The van der Waals surface area contributed by atoms with Gasteiger partial charge in [0.25, 0.3) is 5.69 Å². The molecular formula is C14H14NO4P. The number of hydrogen-bond donors (Lipinski definition) is 1. The van der Waals surface area contributed by atoms with Crippen molar-refractivity contribution in [2.45, 2.75) is 12.8 Å². The molecule has 2 atom stereocenters. The summed E-state index contributed by atoms with van der Waals surface area (Å²) in [6.07, 6.45) is 0. The van der Waals surface area contributed by atoms with E-state index in [1.165, 1.54) is 6.07 Å². The van der Waals surface area contributed by atoms with E-state index < -0.39 is 13.0 Å². The molecule has 0 aliphatic carbocycles. The number of nitro benzene ring substituents is 1. The third-order valence-corrected chi connectivity index (χ3v) is 4.17. The van der Waals surface area contributed by atoms with Crippen LogP contribution in [0.15, 0.2) is 48.5 Å². The molecule has 2 rings (SSSR count). The predicted molar refractivity (Wildman–Crippen MR) is 77.9 cm³/mol. The van der Waals surface area contributed by atoms with Crippen molar-refractivity contribution in [3.63, 3.8) is 0 Å².